The van der Waals surface area contributed by atoms with Gasteiger partial charge in [-0.3, -0.25) is 4.79 Å². The molecule has 90 valence electrons. The van der Waals surface area contributed by atoms with Gasteiger partial charge < -0.3 is 15.8 Å². The molecule has 0 saturated heterocycles. The maximum atomic E-state index is 11.5. The summed E-state index contributed by atoms with van der Waals surface area (Å²) in [6.45, 7) is 4.77. The average Bonchev–Trinajstić information content (AvgIpc) is 2.29. The molecular formula is C12H14N2O3. The average molecular weight is 234 g/mol. The molecule has 0 fully saturated rings. The topological polar surface area (TPSA) is 81.4 Å². The van der Waals surface area contributed by atoms with Gasteiger partial charge in [-0.1, -0.05) is 6.58 Å². The second-order valence-corrected chi connectivity index (χ2v) is 3.48. The quantitative estimate of drug-likeness (QED) is 0.353. The number of carbonyl (C=O) groups is 2. The van der Waals surface area contributed by atoms with Crippen molar-refractivity contribution in [1.29, 1.82) is 0 Å². The van der Waals surface area contributed by atoms with E-state index in [1.54, 1.807) is 24.3 Å². The van der Waals surface area contributed by atoms with E-state index in [0.29, 0.717) is 11.3 Å². The van der Waals surface area contributed by atoms with Gasteiger partial charge >= 0.3 is 5.97 Å². The van der Waals surface area contributed by atoms with E-state index in [1.807, 2.05) is 0 Å². The minimum absolute atomic E-state index is 0.186. The van der Waals surface area contributed by atoms with Crippen molar-refractivity contribution in [3.05, 3.63) is 42.0 Å². The molecule has 1 aromatic carbocycles. The van der Waals surface area contributed by atoms with Crippen molar-refractivity contribution >= 4 is 17.6 Å². The summed E-state index contributed by atoms with van der Waals surface area (Å²) in [7, 11) is 0. The number of esters is 1. The number of nitrogens with two attached hydrogens (primary N) is 1. The van der Waals surface area contributed by atoms with Gasteiger partial charge in [0.05, 0.1) is 0 Å². The molecule has 5 nitrogen and oxygen atoms in total. The third-order valence-corrected chi connectivity index (χ3v) is 1.96. The van der Waals surface area contributed by atoms with Crippen molar-refractivity contribution in [2.75, 3.05) is 12.5 Å². The summed E-state index contributed by atoms with van der Waals surface area (Å²) in [6, 6.07) is 6.42. The summed E-state index contributed by atoms with van der Waals surface area (Å²) in [5.41, 5.74) is 6.80. The fourth-order valence-corrected chi connectivity index (χ4v) is 1.03. The third-order valence-electron chi connectivity index (χ3n) is 1.96. The number of rotatable bonds is 4. The number of benzene rings is 1. The van der Waals surface area contributed by atoms with Crippen molar-refractivity contribution in [3.63, 3.8) is 0 Å². The molecule has 0 spiro atoms. The first-order valence-electron chi connectivity index (χ1n) is 4.97. The van der Waals surface area contributed by atoms with E-state index in [0.717, 1.165) is 0 Å². The lowest BCUT2D eigenvalue weighted by molar-refractivity contribution is -0.139. The number of ether oxygens (including phenoxy) is 1. The zero-order chi connectivity index (χ0) is 12.8. The molecule has 0 bridgehead atoms. The highest BCUT2D eigenvalue weighted by Crippen LogP contribution is 2.04. The van der Waals surface area contributed by atoms with Crippen LogP contribution in [0.4, 0.5) is 5.69 Å². The van der Waals surface area contributed by atoms with Crippen LogP contribution < -0.4 is 11.1 Å². The maximum absolute atomic E-state index is 11.5. The molecule has 0 aliphatic carbocycles. The van der Waals surface area contributed by atoms with Crippen LogP contribution in [0.1, 0.15) is 17.3 Å². The number of hydrogen-bond donors (Lipinski definition) is 2. The predicted octanol–water partition coefficient (Wildman–Crippen LogP) is 1.08. The van der Waals surface area contributed by atoms with E-state index in [-0.39, 0.29) is 18.2 Å². The van der Waals surface area contributed by atoms with Crippen LogP contribution in [-0.2, 0) is 9.53 Å². The molecule has 17 heavy (non-hydrogen) atoms. The lowest BCUT2D eigenvalue weighted by atomic mass is 10.2. The first-order valence-corrected chi connectivity index (χ1v) is 4.97. The predicted molar refractivity (Wildman–Crippen MR) is 64.1 cm³/mol. The van der Waals surface area contributed by atoms with E-state index in [4.69, 9.17) is 10.5 Å². The molecule has 0 radical (unpaired) electrons. The van der Waals surface area contributed by atoms with Crippen LogP contribution in [0.3, 0.4) is 0 Å². The second kappa shape index (κ2) is 5.69. The zero-order valence-corrected chi connectivity index (χ0v) is 9.53. The first-order chi connectivity index (χ1) is 8.00. The van der Waals surface area contributed by atoms with E-state index in [9.17, 15) is 9.59 Å². The summed E-state index contributed by atoms with van der Waals surface area (Å²) in [6.07, 6.45) is 0. The Morgan fingerprint density at radius 2 is 1.94 bits per heavy atom. The van der Waals surface area contributed by atoms with Crippen molar-refractivity contribution in [3.8, 4) is 0 Å². The minimum atomic E-state index is -0.539. The Kier molecular flexibility index (Phi) is 4.28. The standard InChI is InChI=1S/C12H14N2O3/c1-8(2)12(16)17-7-14-11(15)9-3-5-10(13)6-4-9/h3-6H,1,7,13H2,2H3,(H,14,15). The van der Waals surface area contributed by atoms with Gasteiger partial charge in [-0.2, -0.15) is 0 Å². The zero-order valence-electron chi connectivity index (χ0n) is 9.53. The lowest BCUT2D eigenvalue weighted by Gasteiger charge is -2.06. The summed E-state index contributed by atoms with van der Waals surface area (Å²) in [4.78, 5) is 22.6. The van der Waals surface area contributed by atoms with E-state index < -0.39 is 5.97 Å². The molecule has 1 amide bonds. The van der Waals surface area contributed by atoms with Crippen LogP contribution >= 0.6 is 0 Å². The normalized spacial score (nSPS) is 9.47. The Hall–Kier alpha value is -2.30. The van der Waals surface area contributed by atoms with Crippen LogP contribution in [0, 0.1) is 0 Å². The minimum Gasteiger partial charge on any atom is -0.441 e. The molecule has 0 unspecified atom stereocenters. The van der Waals surface area contributed by atoms with Gasteiger partial charge in [0, 0.05) is 16.8 Å². The Morgan fingerprint density at radius 3 is 2.47 bits per heavy atom. The molecule has 0 aromatic heterocycles. The van der Waals surface area contributed by atoms with Gasteiger partial charge in [0.2, 0.25) is 0 Å². The lowest BCUT2D eigenvalue weighted by Crippen LogP contribution is -2.27. The van der Waals surface area contributed by atoms with Crippen LogP contribution in [0.5, 0.6) is 0 Å². The van der Waals surface area contributed by atoms with Crippen molar-refractivity contribution in [2.45, 2.75) is 6.92 Å². The molecule has 0 aliphatic heterocycles. The third kappa shape index (κ3) is 3.98. The van der Waals surface area contributed by atoms with E-state index in [2.05, 4.69) is 11.9 Å². The number of hydrogen-bond acceptors (Lipinski definition) is 4. The number of nitrogen functional groups attached to an aromatic ring is 1. The Morgan fingerprint density at radius 1 is 1.35 bits per heavy atom. The smallest absolute Gasteiger partial charge is 0.334 e. The molecule has 1 aromatic rings. The Labute approximate surface area is 99.3 Å². The molecule has 0 saturated carbocycles. The summed E-state index contributed by atoms with van der Waals surface area (Å²) < 4.78 is 4.72. The SMILES string of the molecule is C=C(C)C(=O)OCNC(=O)c1ccc(N)cc1. The van der Waals surface area contributed by atoms with Gasteiger partial charge in [0.1, 0.15) is 0 Å². The molecular weight excluding hydrogens is 220 g/mol. The van der Waals surface area contributed by atoms with Crippen LogP contribution in [-0.4, -0.2) is 18.6 Å². The highest BCUT2D eigenvalue weighted by molar-refractivity contribution is 5.94. The summed E-state index contributed by atoms with van der Waals surface area (Å²) >= 11 is 0. The number of nitrogens with one attached hydrogen (secondary N) is 1. The molecule has 1 rings (SSSR count). The van der Waals surface area contributed by atoms with Gasteiger partial charge in [0.25, 0.3) is 5.91 Å². The Bertz CT molecular complexity index is 438. The van der Waals surface area contributed by atoms with Crippen LogP contribution in [0.15, 0.2) is 36.4 Å². The Balaban J connectivity index is 2.43. The van der Waals surface area contributed by atoms with E-state index >= 15 is 0 Å². The summed E-state index contributed by atoms with van der Waals surface area (Å²) in [5.74, 6) is -0.873. The number of anilines is 1. The first kappa shape index (κ1) is 12.8. The molecule has 3 N–H and O–H groups in total. The van der Waals surface area contributed by atoms with Gasteiger partial charge in [-0.15, -0.1) is 0 Å². The second-order valence-electron chi connectivity index (χ2n) is 3.48. The van der Waals surface area contributed by atoms with Crippen LogP contribution in [0.25, 0.3) is 0 Å². The fourth-order valence-electron chi connectivity index (χ4n) is 1.03. The van der Waals surface area contributed by atoms with Crippen molar-refractivity contribution in [2.24, 2.45) is 0 Å². The number of carbonyl (C=O) groups excluding carboxylic acids is 2. The monoisotopic (exact) mass is 234 g/mol. The van der Waals surface area contributed by atoms with Gasteiger partial charge in [0.15, 0.2) is 6.73 Å². The molecule has 0 heterocycles. The van der Waals surface area contributed by atoms with Crippen molar-refractivity contribution < 1.29 is 14.3 Å². The largest absolute Gasteiger partial charge is 0.441 e. The maximum Gasteiger partial charge on any atom is 0.334 e. The van der Waals surface area contributed by atoms with Crippen LogP contribution in [0.2, 0.25) is 0 Å². The highest BCUT2D eigenvalue weighted by Gasteiger charge is 2.06. The number of amides is 1. The molecule has 0 atom stereocenters. The molecule has 5 heteroatoms. The van der Waals surface area contributed by atoms with Crippen molar-refractivity contribution in [1.82, 2.24) is 5.32 Å². The van der Waals surface area contributed by atoms with Gasteiger partial charge in [-0.25, -0.2) is 4.79 Å². The summed E-state index contributed by atoms with van der Waals surface area (Å²) in [5, 5.41) is 2.44. The van der Waals surface area contributed by atoms with E-state index in [1.165, 1.54) is 6.92 Å². The fraction of sp³-hybridized carbons (Fsp3) is 0.167. The molecule has 0 aliphatic rings. The highest BCUT2D eigenvalue weighted by atomic mass is 16.5. The van der Waals surface area contributed by atoms with Gasteiger partial charge in [-0.05, 0) is 31.2 Å².